The topological polar surface area (TPSA) is 88.0 Å². The number of benzene rings is 1. The van der Waals surface area contributed by atoms with Crippen molar-refractivity contribution in [3.8, 4) is 5.75 Å². The Morgan fingerprint density at radius 3 is 2.57 bits per heavy atom. The molecule has 0 aliphatic heterocycles. The van der Waals surface area contributed by atoms with Crippen molar-refractivity contribution < 1.29 is 9.90 Å². The van der Waals surface area contributed by atoms with E-state index in [0.29, 0.717) is 12.0 Å². The minimum atomic E-state index is -0.412. The van der Waals surface area contributed by atoms with Crippen LogP contribution in [0.3, 0.4) is 0 Å². The second-order valence-corrected chi connectivity index (χ2v) is 4.76. The summed E-state index contributed by atoms with van der Waals surface area (Å²) in [5.74, 6) is -0.338. The minimum Gasteiger partial charge on any atom is -0.506 e. The Kier molecular flexibility index (Phi) is 4.70. The van der Waals surface area contributed by atoms with Crippen LogP contribution in [0.15, 0.2) is 18.2 Å². The van der Waals surface area contributed by atoms with E-state index in [0.717, 1.165) is 17.8 Å². The monoisotopic (exact) mass is 306 g/mol. The number of hydrogen-bond acceptors (Lipinski definition) is 5. The van der Waals surface area contributed by atoms with Crippen molar-refractivity contribution in [2.75, 3.05) is 5.32 Å². The average molecular weight is 307 g/mol. The molecule has 21 heavy (non-hydrogen) atoms. The highest BCUT2D eigenvalue weighted by Gasteiger charge is 2.12. The largest absolute Gasteiger partial charge is 0.506 e. The number of carbonyl (C=O) groups excluding carboxylic acids is 1. The maximum atomic E-state index is 12.1. The average Bonchev–Trinajstić information content (AvgIpc) is 2.49. The van der Waals surface area contributed by atoms with E-state index >= 15 is 0 Å². The first-order chi connectivity index (χ1) is 10.0. The maximum Gasteiger partial charge on any atom is 0.258 e. The van der Waals surface area contributed by atoms with E-state index < -0.39 is 5.91 Å². The Morgan fingerprint density at radius 2 is 1.95 bits per heavy atom. The van der Waals surface area contributed by atoms with Gasteiger partial charge in [-0.25, -0.2) is 4.98 Å². The number of rotatable bonds is 4. The first kappa shape index (κ1) is 15.2. The number of aryl methyl sites for hydroxylation is 2. The van der Waals surface area contributed by atoms with Gasteiger partial charge in [0.1, 0.15) is 5.75 Å². The Labute approximate surface area is 127 Å². The second-order valence-electron chi connectivity index (χ2n) is 4.36. The molecule has 0 saturated heterocycles. The van der Waals surface area contributed by atoms with Crippen molar-refractivity contribution in [2.24, 2.45) is 0 Å². The van der Waals surface area contributed by atoms with E-state index in [1.807, 2.05) is 13.8 Å². The molecule has 110 valence electrons. The highest BCUT2D eigenvalue weighted by molar-refractivity contribution is 6.32. The predicted molar refractivity (Wildman–Crippen MR) is 79.7 cm³/mol. The molecule has 0 atom stereocenters. The van der Waals surface area contributed by atoms with Crippen molar-refractivity contribution >= 4 is 23.5 Å². The highest BCUT2D eigenvalue weighted by atomic mass is 35.5. The third-order valence-corrected chi connectivity index (χ3v) is 3.25. The predicted octanol–water partition coefficient (Wildman–Crippen LogP) is 2.61. The van der Waals surface area contributed by atoms with Crippen LogP contribution in [0.25, 0.3) is 0 Å². The summed E-state index contributed by atoms with van der Waals surface area (Å²) in [4.78, 5) is 16.4. The number of nitrogens with one attached hydrogen (secondary N) is 1. The lowest BCUT2D eigenvalue weighted by atomic mass is 10.2. The zero-order chi connectivity index (χ0) is 15.4. The summed E-state index contributed by atoms with van der Waals surface area (Å²) in [5.41, 5.74) is 1.94. The summed E-state index contributed by atoms with van der Waals surface area (Å²) in [7, 11) is 0. The first-order valence-electron chi connectivity index (χ1n) is 6.57. The Bertz CT molecular complexity index is 676. The van der Waals surface area contributed by atoms with Gasteiger partial charge < -0.3 is 5.11 Å². The van der Waals surface area contributed by atoms with E-state index in [1.165, 1.54) is 18.2 Å². The van der Waals surface area contributed by atoms with Gasteiger partial charge in [-0.1, -0.05) is 25.4 Å². The summed E-state index contributed by atoms with van der Waals surface area (Å²) in [6.45, 7) is 3.94. The number of phenols is 1. The summed E-state index contributed by atoms with van der Waals surface area (Å²) >= 11 is 5.77. The fourth-order valence-corrected chi connectivity index (χ4v) is 1.99. The number of amides is 1. The number of phenolic OH excluding ortho intramolecular Hbond substituents is 1. The smallest absolute Gasteiger partial charge is 0.258 e. The summed E-state index contributed by atoms with van der Waals surface area (Å²) < 4.78 is 0. The van der Waals surface area contributed by atoms with Crippen LogP contribution in [0, 0.1) is 0 Å². The number of aromatic nitrogens is 3. The number of carbonyl (C=O) groups is 1. The molecule has 0 fully saturated rings. The quantitative estimate of drug-likeness (QED) is 0.906. The van der Waals surface area contributed by atoms with Crippen molar-refractivity contribution in [1.82, 2.24) is 15.2 Å². The molecule has 2 N–H and O–H groups in total. The summed E-state index contributed by atoms with van der Waals surface area (Å²) in [6, 6.07) is 4.19. The fraction of sp³-hybridized carbons (Fsp3) is 0.286. The SMILES string of the molecule is CCc1nnc(NC(=O)c2ccc(O)c(Cl)c2)nc1CC. The van der Waals surface area contributed by atoms with Gasteiger partial charge in [-0.15, -0.1) is 10.2 Å². The molecular formula is C14H15ClN4O2. The Morgan fingerprint density at radius 1 is 1.24 bits per heavy atom. The molecule has 0 saturated carbocycles. The number of aromatic hydroxyl groups is 1. The van der Waals surface area contributed by atoms with Crippen LogP contribution in [-0.4, -0.2) is 26.2 Å². The molecule has 0 unspecified atom stereocenters. The van der Waals surface area contributed by atoms with Gasteiger partial charge in [0.15, 0.2) is 0 Å². The van der Waals surface area contributed by atoms with Gasteiger partial charge in [0.05, 0.1) is 16.4 Å². The van der Waals surface area contributed by atoms with E-state index in [2.05, 4.69) is 20.5 Å². The Hall–Kier alpha value is -2.21. The van der Waals surface area contributed by atoms with Crippen LogP contribution in [0.2, 0.25) is 5.02 Å². The molecule has 0 bridgehead atoms. The maximum absolute atomic E-state index is 12.1. The zero-order valence-electron chi connectivity index (χ0n) is 11.7. The molecule has 2 rings (SSSR count). The Balaban J connectivity index is 2.21. The number of nitrogens with zero attached hydrogens (tertiary/aromatic N) is 3. The lowest BCUT2D eigenvalue weighted by Gasteiger charge is -2.07. The first-order valence-corrected chi connectivity index (χ1v) is 6.95. The van der Waals surface area contributed by atoms with Gasteiger partial charge in [0, 0.05) is 5.56 Å². The van der Waals surface area contributed by atoms with E-state index in [-0.39, 0.29) is 16.7 Å². The van der Waals surface area contributed by atoms with Gasteiger partial charge >= 0.3 is 0 Å². The minimum absolute atomic E-state index is 0.0771. The third-order valence-electron chi connectivity index (χ3n) is 2.94. The standard InChI is InChI=1S/C14H15ClN4O2/c1-3-10-11(4-2)18-19-14(16-10)17-13(21)8-5-6-12(20)9(15)7-8/h5-7,20H,3-4H2,1-2H3,(H,16,17,19,21). The zero-order valence-corrected chi connectivity index (χ0v) is 12.5. The van der Waals surface area contributed by atoms with Gasteiger partial charge in [0.25, 0.3) is 5.91 Å². The van der Waals surface area contributed by atoms with Gasteiger partial charge in [-0.2, -0.15) is 0 Å². The van der Waals surface area contributed by atoms with E-state index in [9.17, 15) is 9.90 Å². The third kappa shape index (κ3) is 3.46. The van der Waals surface area contributed by atoms with Crippen molar-refractivity contribution in [3.05, 3.63) is 40.2 Å². The number of anilines is 1. The van der Waals surface area contributed by atoms with Crippen LogP contribution in [0.4, 0.5) is 5.95 Å². The molecule has 2 aromatic rings. The lowest BCUT2D eigenvalue weighted by molar-refractivity contribution is 0.102. The summed E-state index contributed by atoms with van der Waals surface area (Å²) in [5, 5.41) is 20.0. The molecule has 0 spiro atoms. The number of halogens is 1. The summed E-state index contributed by atoms with van der Waals surface area (Å²) in [6.07, 6.45) is 1.46. The molecule has 0 aliphatic carbocycles. The van der Waals surface area contributed by atoms with Gasteiger partial charge in [0.2, 0.25) is 5.95 Å². The lowest BCUT2D eigenvalue weighted by Crippen LogP contribution is -2.16. The second kappa shape index (κ2) is 6.49. The molecule has 0 radical (unpaired) electrons. The van der Waals surface area contributed by atoms with E-state index in [4.69, 9.17) is 11.6 Å². The van der Waals surface area contributed by atoms with Crippen LogP contribution in [0.5, 0.6) is 5.75 Å². The molecule has 7 heteroatoms. The molecule has 6 nitrogen and oxygen atoms in total. The molecule has 0 aliphatic rings. The molecule has 1 aromatic heterocycles. The van der Waals surface area contributed by atoms with Crippen molar-refractivity contribution in [3.63, 3.8) is 0 Å². The van der Waals surface area contributed by atoms with Crippen LogP contribution < -0.4 is 5.32 Å². The molecule has 1 amide bonds. The van der Waals surface area contributed by atoms with Crippen molar-refractivity contribution in [2.45, 2.75) is 26.7 Å². The number of hydrogen-bond donors (Lipinski definition) is 2. The van der Waals surface area contributed by atoms with Crippen molar-refractivity contribution in [1.29, 1.82) is 0 Å². The van der Waals surface area contributed by atoms with Crippen LogP contribution in [-0.2, 0) is 12.8 Å². The normalized spacial score (nSPS) is 10.4. The highest BCUT2D eigenvalue weighted by Crippen LogP contribution is 2.23. The molecule has 1 aromatic carbocycles. The molecular weight excluding hydrogens is 292 g/mol. The van der Waals surface area contributed by atoms with E-state index in [1.54, 1.807) is 0 Å². The fourth-order valence-electron chi connectivity index (χ4n) is 1.81. The van der Waals surface area contributed by atoms with Crippen LogP contribution >= 0.6 is 11.6 Å². The van der Waals surface area contributed by atoms with Crippen LogP contribution in [0.1, 0.15) is 35.6 Å². The van der Waals surface area contributed by atoms with Gasteiger partial charge in [-0.3, -0.25) is 10.1 Å². The van der Waals surface area contributed by atoms with Gasteiger partial charge in [-0.05, 0) is 31.0 Å². The molecule has 1 heterocycles.